The molecule has 0 saturated carbocycles. The van der Waals surface area contributed by atoms with Gasteiger partial charge in [0.25, 0.3) is 0 Å². The molecule has 0 aliphatic heterocycles. The fourth-order valence-electron chi connectivity index (χ4n) is 5.23. The fraction of sp³-hybridized carbons (Fsp3) is 0.242. The largest absolute Gasteiger partial charge is 0.454 e. The zero-order chi connectivity index (χ0) is 27.0. The predicted molar refractivity (Wildman–Crippen MR) is 155 cm³/mol. The number of fused-ring (bicyclic) bond motifs is 5. The molecule has 0 unspecified atom stereocenters. The summed E-state index contributed by atoms with van der Waals surface area (Å²) in [7, 11) is 0. The van der Waals surface area contributed by atoms with E-state index in [1.165, 1.54) is 10.3 Å². The molecule has 6 rings (SSSR count). The quantitative estimate of drug-likeness (QED) is 0.246. The topological polar surface area (TPSA) is 26.0 Å². The van der Waals surface area contributed by atoms with Crippen LogP contribution in [0.25, 0.3) is 54.4 Å². The molecule has 180 valence electrons. The second-order valence-electron chi connectivity index (χ2n) is 10.8. The number of nitrogens with zero attached hydrogens (tertiary/aromatic N) is 1. The zero-order valence-electron chi connectivity index (χ0n) is 23.6. The Hall–Kier alpha value is -3.43. The number of pyridine rings is 1. The van der Waals surface area contributed by atoms with E-state index in [4.69, 9.17) is 9.40 Å². The summed E-state index contributed by atoms with van der Waals surface area (Å²) in [5.41, 5.74) is 7.42. The van der Waals surface area contributed by atoms with Crippen LogP contribution in [-0.2, 0) is 6.37 Å². The lowest BCUT2D eigenvalue weighted by molar-refractivity contribution is 0.411. The zero-order valence-corrected chi connectivity index (χ0v) is 22.4. The van der Waals surface area contributed by atoms with E-state index in [2.05, 4.69) is 57.2 Å². The monoisotopic (exact) mass is 491 g/mol. The first-order chi connectivity index (χ1) is 18.0. The highest BCUT2D eigenvalue weighted by Crippen LogP contribution is 2.42. The van der Waals surface area contributed by atoms with Crippen molar-refractivity contribution in [2.24, 2.45) is 5.41 Å². The van der Waals surface area contributed by atoms with Gasteiger partial charge in [0.05, 0.1) is 10.4 Å². The van der Waals surface area contributed by atoms with Gasteiger partial charge in [0.1, 0.15) is 5.58 Å². The maximum Gasteiger partial charge on any atom is 0.153 e. The minimum Gasteiger partial charge on any atom is -0.454 e. The molecule has 0 bridgehead atoms. The Morgan fingerprint density at radius 2 is 1.58 bits per heavy atom. The Morgan fingerprint density at radius 1 is 0.861 bits per heavy atom. The van der Waals surface area contributed by atoms with Gasteiger partial charge in [0.15, 0.2) is 5.58 Å². The molecule has 0 radical (unpaired) electrons. The molecule has 0 N–H and O–H groups in total. The van der Waals surface area contributed by atoms with Crippen LogP contribution in [0.15, 0.2) is 71.3 Å². The molecule has 6 aromatic rings. The first-order valence-corrected chi connectivity index (χ1v) is 13.2. The van der Waals surface area contributed by atoms with Crippen LogP contribution in [0.2, 0.25) is 0 Å². The van der Waals surface area contributed by atoms with Gasteiger partial charge in [0.2, 0.25) is 0 Å². The highest BCUT2D eigenvalue weighted by Gasteiger charge is 2.21. The number of thiophene rings is 1. The third-order valence-corrected chi connectivity index (χ3v) is 7.78. The predicted octanol–water partition coefficient (Wildman–Crippen LogP) is 10.0. The Morgan fingerprint density at radius 3 is 2.33 bits per heavy atom. The minimum atomic E-state index is -1.60. The SMILES string of the molecule is [2H]C([2H])(c1cc(-c2cccc3c2oc2c3ccc3cc(C)sc32)ncc1-c1c(C)cccc1C)C(C)(C)C. The third-order valence-electron chi connectivity index (χ3n) is 6.71. The van der Waals surface area contributed by atoms with Crippen molar-refractivity contribution in [2.45, 2.75) is 47.9 Å². The highest BCUT2D eigenvalue weighted by molar-refractivity contribution is 7.19. The Bertz CT molecular complexity index is 1850. The van der Waals surface area contributed by atoms with E-state index in [1.807, 2.05) is 51.2 Å². The molecule has 3 heteroatoms. The number of para-hydroxylation sites is 1. The van der Waals surface area contributed by atoms with E-state index in [1.54, 1.807) is 11.3 Å². The second kappa shape index (κ2) is 8.31. The van der Waals surface area contributed by atoms with E-state index < -0.39 is 11.8 Å². The van der Waals surface area contributed by atoms with Crippen LogP contribution >= 0.6 is 11.3 Å². The summed E-state index contributed by atoms with van der Waals surface area (Å²) in [4.78, 5) is 6.18. The van der Waals surface area contributed by atoms with Crippen molar-refractivity contribution in [1.82, 2.24) is 4.98 Å². The van der Waals surface area contributed by atoms with Gasteiger partial charge in [0, 0.05) is 35.7 Å². The average Bonchev–Trinajstić information content (AvgIpc) is 3.43. The van der Waals surface area contributed by atoms with Gasteiger partial charge in [-0.3, -0.25) is 4.98 Å². The Labute approximate surface area is 219 Å². The lowest BCUT2D eigenvalue weighted by Gasteiger charge is -2.22. The van der Waals surface area contributed by atoms with Crippen molar-refractivity contribution < 1.29 is 7.16 Å². The summed E-state index contributed by atoms with van der Waals surface area (Å²) < 4.78 is 26.3. The minimum absolute atomic E-state index is 0.620. The van der Waals surface area contributed by atoms with Gasteiger partial charge < -0.3 is 4.42 Å². The average molecular weight is 492 g/mol. The van der Waals surface area contributed by atoms with Gasteiger partial charge in [-0.25, -0.2) is 0 Å². The van der Waals surface area contributed by atoms with Crippen molar-refractivity contribution in [3.8, 4) is 22.4 Å². The molecule has 36 heavy (non-hydrogen) atoms. The van der Waals surface area contributed by atoms with Gasteiger partial charge >= 0.3 is 0 Å². The van der Waals surface area contributed by atoms with Crippen LogP contribution in [0.3, 0.4) is 0 Å². The molecule has 3 aromatic carbocycles. The summed E-state index contributed by atoms with van der Waals surface area (Å²) >= 11 is 1.75. The van der Waals surface area contributed by atoms with Crippen molar-refractivity contribution in [2.75, 3.05) is 0 Å². The van der Waals surface area contributed by atoms with E-state index in [-0.39, 0.29) is 0 Å². The van der Waals surface area contributed by atoms with Crippen LogP contribution in [0, 0.1) is 26.2 Å². The summed E-state index contributed by atoms with van der Waals surface area (Å²) in [5.74, 6) is 0. The van der Waals surface area contributed by atoms with E-state index in [0.717, 1.165) is 54.5 Å². The fourth-order valence-corrected chi connectivity index (χ4v) is 6.23. The van der Waals surface area contributed by atoms with Gasteiger partial charge in [-0.2, -0.15) is 0 Å². The first kappa shape index (κ1) is 20.7. The lowest BCUT2D eigenvalue weighted by Crippen LogP contribution is -2.11. The maximum atomic E-state index is 9.27. The standard InChI is InChI=1S/C33H31NOS/c1-19-9-7-10-20(2)29(19)27-18-34-28(16-23(27)17-33(4,5)6)26-12-8-11-24-25-14-13-22-15-21(3)36-32(22)31(25)35-30(24)26/h7-16,18H,17H2,1-6H3/i17D2. The van der Waals surface area contributed by atoms with E-state index in [9.17, 15) is 2.74 Å². The molecule has 0 aliphatic rings. The van der Waals surface area contributed by atoms with Gasteiger partial charge in [-0.1, -0.05) is 57.2 Å². The summed E-state index contributed by atoms with van der Waals surface area (Å²) in [6, 6.07) is 20.8. The van der Waals surface area contributed by atoms with E-state index >= 15 is 0 Å². The molecule has 3 aromatic heterocycles. The smallest absolute Gasteiger partial charge is 0.153 e. The van der Waals surface area contributed by atoms with Crippen LogP contribution in [0.1, 0.15) is 45.1 Å². The van der Waals surface area contributed by atoms with Crippen molar-refractivity contribution in [1.29, 1.82) is 0 Å². The summed E-state index contributed by atoms with van der Waals surface area (Å²) in [6.07, 6.45) is 0.253. The van der Waals surface area contributed by atoms with Gasteiger partial charge in [-0.05, 0) is 84.5 Å². The lowest BCUT2D eigenvalue weighted by atomic mass is 9.83. The molecular formula is C33H31NOS. The maximum absolute atomic E-state index is 9.27. The Kier molecular flexibility index (Phi) is 4.79. The summed E-state index contributed by atoms with van der Waals surface area (Å²) in [6.45, 7) is 12.1. The van der Waals surface area contributed by atoms with Crippen molar-refractivity contribution in [3.05, 3.63) is 88.4 Å². The molecule has 0 fully saturated rings. The number of aryl methyl sites for hydroxylation is 3. The van der Waals surface area contributed by atoms with Crippen LogP contribution in [-0.4, -0.2) is 4.98 Å². The van der Waals surface area contributed by atoms with E-state index in [0.29, 0.717) is 11.3 Å². The number of furan rings is 1. The summed E-state index contributed by atoms with van der Waals surface area (Å²) in [5, 5.41) is 3.33. The number of rotatable bonds is 3. The van der Waals surface area contributed by atoms with Gasteiger partial charge in [-0.15, -0.1) is 11.3 Å². The van der Waals surface area contributed by atoms with Crippen LogP contribution in [0.5, 0.6) is 0 Å². The van der Waals surface area contributed by atoms with Crippen molar-refractivity contribution in [3.63, 3.8) is 0 Å². The molecule has 0 saturated heterocycles. The molecule has 2 nitrogen and oxygen atoms in total. The third kappa shape index (κ3) is 3.83. The number of aromatic nitrogens is 1. The molecule has 0 aliphatic carbocycles. The molecule has 0 spiro atoms. The van der Waals surface area contributed by atoms with Crippen LogP contribution < -0.4 is 0 Å². The molecular weight excluding hydrogens is 458 g/mol. The number of hydrogen-bond acceptors (Lipinski definition) is 3. The first-order valence-electron chi connectivity index (χ1n) is 13.4. The second-order valence-corrected chi connectivity index (χ2v) is 12.0. The Balaban J connectivity index is 1.64. The number of hydrogen-bond donors (Lipinski definition) is 0. The number of benzene rings is 3. The highest BCUT2D eigenvalue weighted by atomic mass is 32.1. The molecule has 3 heterocycles. The van der Waals surface area contributed by atoms with Crippen molar-refractivity contribution >= 4 is 43.4 Å². The molecule has 0 atom stereocenters. The van der Waals surface area contributed by atoms with Crippen LogP contribution in [0.4, 0.5) is 0 Å². The normalized spacial score (nSPS) is 13.5. The molecule has 0 amide bonds.